The molecule has 0 radical (unpaired) electrons. The summed E-state index contributed by atoms with van der Waals surface area (Å²) in [7, 11) is 0. The summed E-state index contributed by atoms with van der Waals surface area (Å²) in [6.45, 7) is 3.29. The van der Waals surface area contributed by atoms with E-state index in [1.54, 1.807) is 6.07 Å². The zero-order chi connectivity index (χ0) is 11.5. The van der Waals surface area contributed by atoms with Gasteiger partial charge in [0.05, 0.1) is 11.9 Å². The van der Waals surface area contributed by atoms with Gasteiger partial charge < -0.3 is 15.4 Å². The lowest BCUT2D eigenvalue weighted by molar-refractivity contribution is -0.118. The molecule has 2 amide bonds. The first-order chi connectivity index (χ1) is 7.69. The van der Waals surface area contributed by atoms with Crippen LogP contribution in [0.1, 0.15) is 0 Å². The highest BCUT2D eigenvalue weighted by Crippen LogP contribution is 2.27. The summed E-state index contributed by atoms with van der Waals surface area (Å²) in [6, 6.07) is 1.59. The van der Waals surface area contributed by atoms with Gasteiger partial charge in [-0.2, -0.15) is 0 Å². The summed E-state index contributed by atoms with van der Waals surface area (Å²) >= 11 is 0. The predicted octanol–water partition coefficient (Wildman–Crippen LogP) is 0.537. The van der Waals surface area contributed by atoms with Gasteiger partial charge in [0, 0.05) is 6.07 Å². The van der Waals surface area contributed by atoms with Crippen LogP contribution in [0.2, 0.25) is 0 Å². The first-order valence-corrected chi connectivity index (χ1v) is 4.55. The number of pyridine rings is 1. The number of carbonyl (C=O) groups is 2. The number of hydrogen-bond acceptors (Lipinski definition) is 4. The molecule has 1 aliphatic rings. The molecule has 0 saturated carbocycles. The molecule has 0 atom stereocenters. The molecular formula is C10H9N3O3. The van der Waals surface area contributed by atoms with Gasteiger partial charge >= 0.3 is 0 Å². The number of amides is 2. The van der Waals surface area contributed by atoms with Crippen molar-refractivity contribution >= 4 is 23.3 Å². The molecule has 1 aromatic heterocycles. The number of nitrogens with one attached hydrogen (secondary N) is 2. The van der Waals surface area contributed by atoms with Crippen molar-refractivity contribution in [3.63, 3.8) is 0 Å². The zero-order valence-electron chi connectivity index (χ0n) is 8.32. The molecule has 2 rings (SSSR count). The van der Waals surface area contributed by atoms with E-state index in [2.05, 4.69) is 22.2 Å². The molecule has 1 aliphatic heterocycles. The van der Waals surface area contributed by atoms with Gasteiger partial charge in [-0.25, -0.2) is 4.98 Å². The largest absolute Gasteiger partial charge is 0.480 e. The monoisotopic (exact) mass is 219 g/mol. The Balaban J connectivity index is 2.22. The second-order valence-electron chi connectivity index (χ2n) is 3.10. The second kappa shape index (κ2) is 4.01. The molecule has 0 fully saturated rings. The van der Waals surface area contributed by atoms with Crippen molar-refractivity contribution in [3.05, 3.63) is 24.9 Å². The fourth-order valence-electron chi connectivity index (χ4n) is 1.22. The second-order valence-corrected chi connectivity index (χ2v) is 3.10. The SMILES string of the molecule is C=CC(=O)Nc1cnc2c(c1)OCC(=O)N2. The minimum Gasteiger partial charge on any atom is -0.480 e. The molecular weight excluding hydrogens is 210 g/mol. The average molecular weight is 219 g/mol. The molecule has 1 aromatic rings. The fraction of sp³-hybridized carbons (Fsp3) is 0.100. The highest BCUT2D eigenvalue weighted by Gasteiger charge is 2.17. The Hall–Kier alpha value is -2.37. The van der Waals surface area contributed by atoms with Gasteiger partial charge in [-0.1, -0.05) is 6.58 Å². The van der Waals surface area contributed by atoms with Gasteiger partial charge in [-0.15, -0.1) is 0 Å². The summed E-state index contributed by atoms with van der Waals surface area (Å²) in [5.74, 6) is 0.207. The molecule has 0 unspecified atom stereocenters. The van der Waals surface area contributed by atoms with E-state index in [4.69, 9.17) is 4.74 Å². The topological polar surface area (TPSA) is 80.3 Å². The van der Waals surface area contributed by atoms with E-state index in [1.165, 1.54) is 6.20 Å². The Morgan fingerprint density at radius 1 is 1.69 bits per heavy atom. The first-order valence-electron chi connectivity index (χ1n) is 4.55. The maximum atomic E-state index is 11.0. The Morgan fingerprint density at radius 3 is 3.25 bits per heavy atom. The molecule has 0 aromatic carbocycles. The minimum absolute atomic E-state index is 0.0481. The molecule has 2 N–H and O–H groups in total. The number of carbonyl (C=O) groups excluding carboxylic acids is 2. The quantitative estimate of drug-likeness (QED) is 0.711. The first kappa shape index (κ1) is 10.2. The van der Waals surface area contributed by atoms with Crippen molar-refractivity contribution in [2.45, 2.75) is 0 Å². The van der Waals surface area contributed by atoms with E-state index in [-0.39, 0.29) is 18.4 Å². The molecule has 0 spiro atoms. The van der Waals surface area contributed by atoms with Crippen LogP contribution >= 0.6 is 0 Å². The van der Waals surface area contributed by atoms with E-state index in [1.807, 2.05) is 0 Å². The van der Waals surface area contributed by atoms with Crippen LogP contribution in [-0.4, -0.2) is 23.4 Å². The van der Waals surface area contributed by atoms with Crippen molar-refractivity contribution < 1.29 is 14.3 Å². The van der Waals surface area contributed by atoms with Crippen molar-refractivity contribution in [2.75, 3.05) is 17.2 Å². The average Bonchev–Trinajstić information content (AvgIpc) is 2.29. The minimum atomic E-state index is -0.332. The van der Waals surface area contributed by atoms with E-state index >= 15 is 0 Å². The number of aromatic nitrogens is 1. The molecule has 6 nitrogen and oxygen atoms in total. The highest BCUT2D eigenvalue weighted by atomic mass is 16.5. The molecule has 0 saturated heterocycles. The summed E-state index contributed by atoms with van der Waals surface area (Å²) < 4.78 is 5.14. The van der Waals surface area contributed by atoms with Crippen LogP contribution in [0.5, 0.6) is 5.75 Å². The zero-order valence-corrected chi connectivity index (χ0v) is 8.32. The lowest BCUT2D eigenvalue weighted by Crippen LogP contribution is -2.26. The fourth-order valence-corrected chi connectivity index (χ4v) is 1.22. The predicted molar refractivity (Wildman–Crippen MR) is 57.2 cm³/mol. The van der Waals surface area contributed by atoms with Gasteiger partial charge in [0.25, 0.3) is 5.91 Å². The van der Waals surface area contributed by atoms with Crippen molar-refractivity contribution in [1.29, 1.82) is 0 Å². The number of nitrogens with zero attached hydrogens (tertiary/aromatic N) is 1. The molecule has 0 bridgehead atoms. The molecule has 2 heterocycles. The smallest absolute Gasteiger partial charge is 0.263 e. The number of hydrogen-bond donors (Lipinski definition) is 2. The summed E-state index contributed by atoms with van der Waals surface area (Å²) in [6.07, 6.45) is 2.58. The lowest BCUT2D eigenvalue weighted by atomic mass is 10.3. The molecule has 16 heavy (non-hydrogen) atoms. The van der Waals surface area contributed by atoms with Crippen molar-refractivity contribution in [3.8, 4) is 5.75 Å². The summed E-state index contributed by atoms with van der Waals surface area (Å²) in [4.78, 5) is 26.0. The third-order valence-electron chi connectivity index (χ3n) is 1.92. The number of rotatable bonds is 2. The van der Waals surface area contributed by atoms with Gasteiger partial charge in [0.1, 0.15) is 0 Å². The van der Waals surface area contributed by atoms with Gasteiger partial charge in [0.2, 0.25) is 5.91 Å². The Morgan fingerprint density at radius 2 is 2.50 bits per heavy atom. The molecule has 0 aliphatic carbocycles. The van der Waals surface area contributed by atoms with Crippen LogP contribution < -0.4 is 15.4 Å². The Labute approximate surface area is 91.3 Å². The number of fused-ring (bicyclic) bond motifs is 1. The van der Waals surface area contributed by atoms with E-state index in [9.17, 15) is 9.59 Å². The molecule has 82 valence electrons. The van der Waals surface area contributed by atoms with Gasteiger partial charge in [0.15, 0.2) is 18.2 Å². The Kier molecular flexibility index (Phi) is 2.55. The third-order valence-corrected chi connectivity index (χ3v) is 1.92. The standard InChI is InChI=1S/C10H9N3O3/c1-2-8(14)12-6-3-7-10(11-4-6)13-9(15)5-16-7/h2-4H,1,5H2,(H,12,14)(H,11,13,15). The number of anilines is 2. The highest BCUT2D eigenvalue weighted by molar-refractivity contribution is 5.99. The molecule has 6 heteroatoms. The lowest BCUT2D eigenvalue weighted by Gasteiger charge is -2.17. The third kappa shape index (κ3) is 2.00. The van der Waals surface area contributed by atoms with Crippen molar-refractivity contribution in [1.82, 2.24) is 4.98 Å². The van der Waals surface area contributed by atoms with E-state index in [0.29, 0.717) is 17.3 Å². The Bertz CT molecular complexity index is 470. The van der Waals surface area contributed by atoms with E-state index in [0.717, 1.165) is 6.08 Å². The maximum absolute atomic E-state index is 11.0. The van der Waals surface area contributed by atoms with Gasteiger partial charge in [-0.05, 0) is 6.08 Å². The van der Waals surface area contributed by atoms with Gasteiger partial charge in [-0.3, -0.25) is 9.59 Å². The summed E-state index contributed by atoms with van der Waals surface area (Å²) in [5, 5.41) is 5.09. The van der Waals surface area contributed by atoms with Crippen LogP contribution in [0.15, 0.2) is 24.9 Å². The van der Waals surface area contributed by atoms with E-state index < -0.39 is 0 Å². The number of ether oxygens (including phenoxy) is 1. The summed E-state index contributed by atoms with van der Waals surface area (Å²) in [5.41, 5.74) is 0.486. The normalized spacial score (nSPS) is 13.1. The maximum Gasteiger partial charge on any atom is 0.263 e. The van der Waals surface area contributed by atoms with Crippen molar-refractivity contribution in [2.24, 2.45) is 0 Å². The van der Waals surface area contributed by atoms with Crippen LogP contribution in [0.25, 0.3) is 0 Å². The van der Waals surface area contributed by atoms with Crippen LogP contribution in [0.3, 0.4) is 0 Å². The van der Waals surface area contributed by atoms with Crippen LogP contribution in [-0.2, 0) is 9.59 Å². The van der Waals surface area contributed by atoms with Crippen LogP contribution in [0.4, 0.5) is 11.5 Å². The van der Waals surface area contributed by atoms with Crippen LogP contribution in [0, 0.1) is 0 Å².